The number of fused-ring (bicyclic) bond motifs is 1. The quantitative estimate of drug-likeness (QED) is 0.750. The summed E-state index contributed by atoms with van der Waals surface area (Å²) in [7, 11) is 1.75. The second-order valence-corrected chi connectivity index (χ2v) is 5.54. The van der Waals surface area contributed by atoms with Gasteiger partial charge in [-0.1, -0.05) is 12.1 Å². The molecule has 102 valence electrons. The number of amides is 1. The Morgan fingerprint density at radius 3 is 2.70 bits per heavy atom. The molecule has 1 aliphatic heterocycles. The van der Waals surface area contributed by atoms with Crippen molar-refractivity contribution in [3.63, 3.8) is 0 Å². The Bertz CT molecular complexity index is 672. The van der Waals surface area contributed by atoms with Crippen LogP contribution in [0.4, 0.5) is 5.69 Å². The third-order valence-corrected chi connectivity index (χ3v) is 4.09. The van der Waals surface area contributed by atoms with E-state index < -0.39 is 0 Å². The van der Waals surface area contributed by atoms with Gasteiger partial charge in [0.15, 0.2) is 11.5 Å². The molecule has 5 heteroatoms. The Morgan fingerprint density at radius 2 is 1.90 bits per heavy atom. The predicted octanol–water partition coefficient (Wildman–Crippen LogP) is 3.30. The number of rotatable bonds is 2. The van der Waals surface area contributed by atoms with E-state index in [2.05, 4.69) is 22.6 Å². The molecule has 0 N–H and O–H groups in total. The normalized spacial score (nSPS) is 12.3. The highest BCUT2D eigenvalue weighted by molar-refractivity contribution is 14.1. The molecule has 0 aromatic heterocycles. The van der Waals surface area contributed by atoms with Gasteiger partial charge in [-0.05, 0) is 46.9 Å². The second-order valence-electron chi connectivity index (χ2n) is 4.38. The van der Waals surface area contributed by atoms with Crippen LogP contribution in [0.15, 0.2) is 42.5 Å². The molecule has 2 aromatic rings. The number of hydrogen-bond donors (Lipinski definition) is 0. The summed E-state index contributed by atoms with van der Waals surface area (Å²) in [4.78, 5) is 14.1. The highest BCUT2D eigenvalue weighted by Gasteiger charge is 2.19. The van der Waals surface area contributed by atoms with E-state index in [-0.39, 0.29) is 12.7 Å². The molecule has 0 saturated heterocycles. The number of hydrogen-bond acceptors (Lipinski definition) is 3. The Morgan fingerprint density at radius 1 is 1.15 bits per heavy atom. The molecule has 0 saturated carbocycles. The van der Waals surface area contributed by atoms with Gasteiger partial charge < -0.3 is 14.4 Å². The van der Waals surface area contributed by atoms with Gasteiger partial charge >= 0.3 is 0 Å². The lowest BCUT2D eigenvalue weighted by molar-refractivity contribution is 0.0992. The third-order valence-electron chi connectivity index (χ3n) is 3.15. The summed E-state index contributed by atoms with van der Waals surface area (Å²) in [6, 6.07) is 13.0. The van der Waals surface area contributed by atoms with Gasteiger partial charge in [-0.25, -0.2) is 0 Å². The summed E-state index contributed by atoms with van der Waals surface area (Å²) in [5.41, 5.74) is 1.46. The molecule has 3 rings (SSSR count). The van der Waals surface area contributed by atoms with Gasteiger partial charge in [0, 0.05) is 22.4 Å². The van der Waals surface area contributed by atoms with E-state index in [1.54, 1.807) is 11.9 Å². The fourth-order valence-electron chi connectivity index (χ4n) is 2.03. The third kappa shape index (κ3) is 2.33. The lowest BCUT2D eigenvalue weighted by Gasteiger charge is -2.18. The van der Waals surface area contributed by atoms with Crippen molar-refractivity contribution in [1.82, 2.24) is 0 Å². The summed E-state index contributed by atoms with van der Waals surface area (Å²) in [6.07, 6.45) is 0. The van der Waals surface area contributed by atoms with Crippen molar-refractivity contribution in [1.29, 1.82) is 0 Å². The lowest BCUT2D eigenvalue weighted by Crippen LogP contribution is -2.26. The first-order valence-corrected chi connectivity index (χ1v) is 7.17. The first-order chi connectivity index (χ1) is 9.66. The molecular weight excluding hydrogens is 369 g/mol. The number of ether oxygens (including phenoxy) is 2. The standard InChI is InChI=1S/C15H12INO3/c1-17(15(18)11-4-2-3-5-12(11)16)10-6-7-13-14(8-10)20-9-19-13/h2-8H,9H2,1H3. The van der Waals surface area contributed by atoms with Crippen molar-refractivity contribution < 1.29 is 14.3 Å². The Hall–Kier alpha value is -1.76. The van der Waals surface area contributed by atoms with Gasteiger partial charge in [-0.15, -0.1) is 0 Å². The predicted molar refractivity (Wildman–Crippen MR) is 84.5 cm³/mol. The molecule has 0 spiro atoms. The van der Waals surface area contributed by atoms with E-state index in [9.17, 15) is 4.79 Å². The maximum atomic E-state index is 12.5. The molecule has 2 aromatic carbocycles. The molecule has 0 aliphatic carbocycles. The number of carbonyl (C=O) groups is 1. The first kappa shape index (κ1) is 13.2. The van der Waals surface area contributed by atoms with E-state index in [1.807, 2.05) is 42.5 Å². The van der Waals surface area contributed by atoms with Crippen LogP contribution < -0.4 is 14.4 Å². The molecule has 1 heterocycles. The van der Waals surface area contributed by atoms with Gasteiger partial charge in [-0.3, -0.25) is 4.79 Å². The van der Waals surface area contributed by atoms with Crippen molar-refractivity contribution >= 4 is 34.2 Å². The maximum absolute atomic E-state index is 12.5. The number of benzene rings is 2. The second kappa shape index (κ2) is 5.32. The van der Waals surface area contributed by atoms with Crippen LogP contribution in [0.25, 0.3) is 0 Å². The Labute approximate surface area is 130 Å². The van der Waals surface area contributed by atoms with E-state index >= 15 is 0 Å². The Balaban J connectivity index is 1.91. The SMILES string of the molecule is CN(C(=O)c1ccccc1I)c1ccc2c(c1)OCO2. The van der Waals surface area contributed by atoms with E-state index in [0.717, 1.165) is 9.26 Å². The minimum absolute atomic E-state index is 0.0473. The smallest absolute Gasteiger partial charge is 0.259 e. The van der Waals surface area contributed by atoms with E-state index in [4.69, 9.17) is 9.47 Å². The van der Waals surface area contributed by atoms with Crippen LogP contribution in [0.3, 0.4) is 0 Å². The zero-order valence-corrected chi connectivity index (χ0v) is 13.0. The summed E-state index contributed by atoms with van der Waals surface area (Å²) in [5, 5.41) is 0. The average molecular weight is 381 g/mol. The van der Waals surface area contributed by atoms with Crippen molar-refractivity contribution in [2.75, 3.05) is 18.7 Å². The van der Waals surface area contributed by atoms with Crippen molar-refractivity contribution in [2.24, 2.45) is 0 Å². The molecule has 4 nitrogen and oxygen atoms in total. The monoisotopic (exact) mass is 381 g/mol. The number of halogens is 1. The summed E-state index contributed by atoms with van der Waals surface area (Å²) in [5.74, 6) is 1.34. The van der Waals surface area contributed by atoms with Crippen molar-refractivity contribution in [3.05, 3.63) is 51.6 Å². The zero-order chi connectivity index (χ0) is 14.1. The van der Waals surface area contributed by atoms with Crippen LogP contribution in [0.1, 0.15) is 10.4 Å². The van der Waals surface area contributed by atoms with Gasteiger partial charge in [0.25, 0.3) is 5.91 Å². The van der Waals surface area contributed by atoms with Gasteiger partial charge in [0.05, 0.1) is 5.56 Å². The van der Waals surface area contributed by atoms with Crippen molar-refractivity contribution in [3.8, 4) is 11.5 Å². The molecule has 0 fully saturated rings. The maximum Gasteiger partial charge on any atom is 0.259 e. The number of nitrogens with zero attached hydrogens (tertiary/aromatic N) is 1. The molecule has 0 radical (unpaired) electrons. The van der Waals surface area contributed by atoms with Crippen LogP contribution in [0.2, 0.25) is 0 Å². The van der Waals surface area contributed by atoms with Crippen LogP contribution in [0.5, 0.6) is 11.5 Å². The molecular formula is C15H12INO3. The largest absolute Gasteiger partial charge is 0.454 e. The molecule has 1 amide bonds. The number of carbonyl (C=O) groups excluding carboxylic acids is 1. The average Bonchev–Trinajstić information content (AvgIpc) is 2.93. The van der Waals surface area contributed by atoms with E-state index in [1.165, 1.54) is 0 Å². The van der Waals surface area contributed by atoms with Crippen LogP contribution in [0, 0.1) is 3.57 Å². The highest BCUT2D eigenvalue weighted by atomic mass is 127. The molecule has 20 heavy (non-hydrogen) atoms. The van der Waals surface area contributed by atoms with Crippen LogP contribution >= 0.6 is 22.6 Å². The Kier molecular flexibility index (Phi) is 3.52. The fraction of sp³-hybridized carbons (Fsp3) is 0.133. The van der Waals surface area contributed by atoms with E-state index in [0.29, 0.717) is 17.1 Å². The summed E-state index contributed by atoms with van der Waals surface area (Å²) < 4.78 is 11.5. The fourth-order valence-corrected chi connectivity index (χ4v) is 2.64. The van der Waals surface area contributed by atoms with Crippen LogP contribution in [-0.2, 0) is 0 Å². The molecule has 0 atom stereocenters. The summed E-state index contributed by atoms with van der Waals surface area (Å²) >= 11 is 2.17. The zero-order valence-electron chi connectivity index (χ0n) is 10.8. The van der Waals surface area contributed by atoms with Gasteiger partial charge in [-0.2, -0.15) is 0 Å². The lowest BCUT2D eigenvalue weighted by atomic mass is 10.2. The minimum Gasteiger partial charge on any atom is -0.454 e. The summed E-state index contributed by atoms with van der Waals surface area (Å²) in [6.45, 7) is 0.229. The van der Waals surface area contributed by atoms with Crippen LogP contribution in [-0.4, -0.2) is 19.7 Å². The van der Waals surface area contributed by atoms with Crippen molar-refractivity contribution in [2.45, 2.75) is 0 Å². The number of anilines is 1. The molecule has 0 bridgehead atoms. The van der Waals surface area contributed by atoms with Gasteiger partial charge in [0.1, 0.15) is 0 Å². The minimum atomic E-state index is -0.0473. The first-order valence-electron chi connectivity index (χ1n) is 6.09. The van der Waals surface area contributed by atoms with Gasteiger partial charge in [0.2, 0.25) is 6.79 Å². The topological polar surface area (TPSA) is 38.8 Å². The highest BCUT2D eigenvalue weighted by Crippen LogP contribution is 2.35. The molecule has 0 unspecified atom stereocenters. The molecule has 1 aliphatic rings.